The van der Waals surface area contributed by atoms with Crippen molar-refractivity contribution < 1.29 is 9.53 Å². The van der Waals surface area contributed by atoms with Gasteiger partial charge in [0.05, 0.1) is 30.1 Å². The number of nitrogens with zero attached hydrogens (tertiary/aromatic N) is 3. The third kappa shape index (κ3) is 4.50. The summed E-state index contributed by atoms with van der Waals surface area (Å²) in [4.78, 5) is 23.5. The molecule has 0 saturated carbocycles. The van der Waals surface area contributed by atoms with Crippen molar-refractivity contribution in [3.8, 4) is 0 Å². The van der Waals surface area contributed by atoms with E-state index in [4.69, 9.17) is 4.74 Å². The van der Waals surface area contributed by atoms with Crippen LogP contribution >= 0.6 is 11.3 Å². The quantitative estimate of drug-likeness (QED) is 0.736. The van der Waals surface area contributed by atoms with Gasteiger partial charge >= 0.3 is 0 Å². The van der Waals surface area contributed by atoms with Crippen LogP contribution in [0.25, 0.3) is 0 Å². The number of hydrogen-bond acceptors (Lipinski definition) is 6. The normalized spacial score (nSPS) is 14.1. The monoisotopic (exact) mass is 380 g/mol. The van der Waals surface area contributed by atoms with E-state index in [0.29, 0.717) is 11.4 Å². The van der Waals surface area contributed by atoms with Gasteiger partial charge in [0.15, 0.2) is 0 Å². The van der Waals surface area contributed by atoms with Crippen LogP contribution in [0.5, 0.6) is 0 Å². The van der Waals surface area contributed by atoms with Crippen LogP contribution in [-0.4, -0.2) is 42.2 Å². The van der Waals surface area contributed by atoms with Crippen molar-refractivity contribution in [3.05, 3.63) is 70.3 Å². The van der Waals surface area contributed by atoms with E-state index in [-0.39, 0.29) is 5.91 Å². The first-order valence-corrected chi connectivity index (χ1v) is 9.74. The van der Waals surface area contributed by atoms with Gasteiger partial charge in [0, 0.05) is 24.9 Å². The summed E-state index contributed by atoms with van der Waals surface area (Å²) in [7, 11) is 0. The van der Waals surface area contributed by atoms with Gasteiger partial charge in [-0.2, -0.15) is 0 Å². The predicted octanol–water partition coefficient (Wildman–Crippen LogP) is 3.22. The van der Waals surface area contributed by atoms with Crippen molar-refractivity contribution in [2.24, 2.45) is 0 Å². The van der Waals surface area contributed by atoms with E-state index >= 15 is 0 Å². The van der Waals surface area contributed by atoms with Gasteiger partial charge in [0.2, 0.25) is 0 Å². The summed E-state index contributed by atoms with van der Waals surface area (Å²) in [5.74, 6) is 0.682. The summed E-state index contributed by atoms with van der Waals surface area (Å²) < 4.78 is 5.35. The number of benzene rings is 1. The van der Waals surface area contributed by atoms with Gasteiger partial charge in [-0.25, -0.2) is 9.97 Å². The molecule has 27 heavy (non-hydrogen) atoms. The first-order chi connectivity index (χ1) is 13.3. The van der Waals surface area contributed by atoms with Gasteiger partial charge in [-0.05, 0) is 17.7 Å². The van der Waals surface area contributed by atoms with Crippen LogP contribution in [0.4, 0.5) is 11.5 Å². The molecule has 3 heterocycles. The van der Waals surface area contributed by atoms with Crippen molar-refractivity contribution in [2.45, 2.75) is 6.42 Å². The maximum absolute atomic E-state index is 12.4. The molecule has 3 aromatic rings. The van der Waals surface area contributed by atoms with Crippen LogP contribution in [-0.2, 0) is 11.2 Å². The van der Waals surface area contributed by atoms with Gasteiger partial charge in [0.25, 0.3) is 5.91 Å². The summed E-state index contributed by atoms with van der Waals surface area (Å²) in [5, 5.41) is 5.58. The van der Waals surface area contributed by atoms with Crippen molar-refractivity contribution in [2.75, 3.05) is 36.5 Å². The number of rotatable bonds is 5. The standard InChI is InChI=1S/C20H20N4O2S/c25-20(17-14-27-19(23-17)12-15-4-2-1-3-5-15)22-16-6-7-18(21-13-16)24-8-10-26-11-9-24/h1-7,13-14H,8-12H2,(H,22,25). The molecule has 6 nitrogen and oxygen atoms in total. The van der Waals surface area contributed by atoms with Crippen LogP contribution in [0, 0.1) is 0 Å². The van der Waals surface area contributed by atoms with E-state index in [1.807, 2.05) is 30.3 Å². The number of pyridine rings is 1. The molecule has 7 heteroatoms. The average Bonchev–Trinajstić information content (AvgIpc) is 3.19. The number of morpholine rings is 1. The lowest BCUT2D eigenvalue weighted by Gasteiger charge is -2.27. The molecule has 1 aromatic carbocycles. The summed E-state index contributed by atoms with van der Waals surface area (Å²) >= 11 is 1.50. The molecule has 1 aliphatic heterocycles. The molecule has 0 aliphatic carbocycles. The summed E-state index contributed by atoms with van der Waals surface area (Å²) in [6.45, 7) is 3.11. The fourth-order valence-electron chi connectivity index (χ4n) is 2.90. The number of ether oxygens (including phenoxy) is 1. The van der Waals surface area contributed by atoms with Crippen LogP contribution in [0.3, 0.4) is 0 Å². The number of carbonyl (C=O) groups is 1. The third-order valence-electron chi connectivity index (χ3n) is 4.32. The number of aromatic nitrogens is 2. The average molecular weight is 380 g/mol. The second-order valence-corrected chi connectivity index (χ2v) is 7.19. The molecule has 1 N–H and O–H groups in total. The number of thiazole rings is 1. The van der Waals surface area contributed by atoms with Crippen molar-refractivity contribution in [3.63, 3.8) is 0 Å². The summed E-state index contributed by atoms with van der Waals surface area (Å²) in [5.41, 5.74) is 2.28. The molecule has 0 atom stereocenters. The highest BCUT2D eigenvalue weighted by atomic mass is 32.1. The Kier molecular flexibility index (Phi) is 5.41. The third-order valence-corrected chi connectivity index (χ3v) is 5.17. The van der Waals surface area contributed by atoms with E-state index in [2.05, 4.69) is 32.3 Å². The van der Waals surface area contributed by atoms with Gasteiger partial charge in [0.1, 0.15) is 11.5 Å². The van der Waals surface area contributed by atoms with Gasteiger partial charge in [-0.15, -0.1) is 11.3 Å². The molecule has 0 radical (unpaired) electrons. The fraction of sp³-hybridized carbons (Fsp3) is 0.250. The summed E-state index contributed by atoms with van der Waals surface area (Å²) in [6, 6.07) is 13.9. The molecule has 1 aliphatic rings. The number of hydrogen-bond donors (Lipinski definition) is 1. The van der Waals surface area contributed by atoms with E-state index in [1.165, 1.54) is 16.9 Å². The second-order valence-electron chi connectivity index (χ2n) is 6.25. The van der Waals surface area contributed by atoms with Crippen molar-refractivity contribution in [1.82, 2.24) is 9.97 Å². The van der Waals surface area contributed by atoms with Crippen LogP contribution in [0.15, 0.2) is 54.0 Å². The Bertz CT molecular complexity index is 890. The van der Waals surface area contributed by atoms with Crippen LogP contribution in [0.2, 0.25) is 0 Å². The van der Waals surface area contributed by atoms with Gasteiger partial charge < -0.3 is 15.0 Å². The highest BCUT2D eigenvalue weighted by Crippen LogP contribution is 2.18. The zero-order chi connectivity index (χ0) is 18.5. The van der Waals surface area contributed by atoms with Crippen LogP contribution in [0.1, 0.15) is 21.1 Å². The first kappa shape index (κ1) is 17.6. The maximum Gasteiger partial charge on any atom is 0.275 e. The van der Waals surface area contributed by atoms with E-state index in [9.17, 15) is 4.79 Å². The molecule has 0 unspecified atom stereocenters. The minimum absolute atomic E-state index is 0.216. The lowest BCUT2D eigenvalue weighted by Crippen LogP contribution is -2.36. The topological polar surface area (TPSA) is 67.4 Å². The molecule has 0 spiro atoms. The predicted molar refractivity (Wildman–Crippen MR) is 107 cm³/mol. The zero-order valence-electron chi connectivity index (χ0n) is 14.8. The largest absolute Gasteiger partial charge is 0.378 e. The minimum Gasteiger partial charge on any atom is -0.378 e. The van der Waals surface area contributed by atoms with Gasteiger partial charge in [-0.3, -0.25) is 4.79 Å². The Labute approximate surface area is 161 Å². The maximum atomic E-state index is 12.4. The highest BCUT2D eigenvalue weighted by Gasteiger charge is 2.14. The van der Waals surface area contributed by atoms with E-state index in [1.54, 1.807) is 11.6 Å². The summed E-state index contributed by atoms with van der Waals surface area (Å²) in [6.07, 6.45) is 2.41. The molecule has 1 amide bonds. The first-order valence-electron chi connectivity index (χ1n) is 8.86. The Morgan fingerprint density at radius 2 is 1.96 bits per heavy atom. The molecule has 1 fully saturated rings. The number of amides is 1. The van der Waals surface area contributed by atoms with E-state index in [0.717, 1.165) is 43.5 Å². The molecule has 4 rings (SSSR count). The van der Waals surface area contributed by atoms with Crippen molar-refractivity contribution >= 4 is 28.7 Å². The number of anilines is 2. The minimum atomic E-state index is -0.216. The SMILES string of the molecule is O=C(Nc1ccc(N2CCOCC2)nc1)c1csc(Cc2ccccc2)n1. The lowest BCUT2D eigenvalue weighted by molar-refractivity contribution is 0.102. The fourth-order valence-corrected chi connectivity index (χ4v) is 3.71. The molecule has 138 valence electrons. The smallest absolute Gasteiger partial charge is 0.275 e. The molecule has 2 aromatic heterocycles. The lowest BCUT2D eigenvalue weighted by atomic mass is 10.2. The Balaban J connectivity index is 1.37. The molecular weight excluding hydrogens is 360 g/mol. The second kappa shape index (κ2) is 8.28. The molecular formula is C20H20N4O2S. The highest BCUT2D eigenvalue weighted by molar-refractivity contribution is 7.09. The van der Waals surface area contributed by atoms with Crippen molar-refractivity contribution in [1.29, 1.82) is 0 Å². The van der Waals surface area contributed by atoms with Gasteiger partial charge in [-0.1, -0.05) is 30.3 Å². The van der Waals surface area contributed by atoms with Crippen LogP contribution < -0.4 is 10.2 Å². The molecule has 1 saturated heterocycles. The Morgan fingerprint density at radius 3 is 2.70 bits per heavy atom. The zero-order valence-corrected chi connectivity index (χ0v) is 15.6. The van der Waals surface area contributed by atoms with E-state index < -0.39 is 0 Å². The Morgan fingerprint density at radius 1 is 1.15 bits per heavy atom. The molecule has 0 bridgehead atoms. The number of nitrogens with one attached hydrogen (secondary N) is 1. The number of carbonyl (C=O) groups excluding carboxylic acids is 1. The Hall–Kier alpha value is -2.77.